The molecule has 0 bridgehead atoms. The topological polar surface area (TPSA) is 66.4 Å². The summed E-state index contributed by atoms with van der Waals surface area (Å²) in [4.78, 5) is 22.2. The lowest BCUT2D eigenvalue weighted by molar-refractivity contribution is -0.140. The van der Waals surface area contributed by atoms with Crippen LogP contribution < -0.4 is 5.32 Å². The molecule has 96 valence electrons. The molecule has 0 aromatic heterocycles. The Labute approximate surface area is 106 Å². The van der Waals surface area contributed by atoms with Crippen molar-refractivity contribution >= 4 is 11.9 Å². The minimum atomic E-state index is -0.867. The Bertz CT molecular complexity index is 453. The minimum absolute atomic E-state index is 0.130. The fourth-order valence-corrected chi connectivity index (χ4v) is 1.97. The highest BCUT2D eigenvalue weighted by Crippen LogP contribution is 2.38. The number of benzene rings is 1. The van der Waals surface area contributed by atoms with Crippen LogP contribution in [0.25, 0.3) is 0 Å². The van der Waals surface area contributed by atoms with Gasteiger partial charge in [-0.2, -0.15) is 0 Å². The van der Waals surface area contributed by atoms with Crippen LogP contribution in [0.15, 0.2) is 24.3 Å². The maximum Gasteiger partial charge on any atom is 0.307 e. The SMILES string of the molecule is Cc1ccc(CCNC(=O)[C@H]2C[C@H]2C(=O)O)cc1. The van der Waals surface area contributed by atoms with Gasteiger partial charge in [0.05, 0.1) is 11.8 Å². The smallest absolute Gasteiger partial charge is 0.307 e. The third-order valence-corrected chi connectivity index (χ3v) is 3.28. The largest absolute Gasteiger partial charge is 0.481 e. The molecule has 0 heterocycles. The number of nitrogens with one attached hydrogen (secondary N) is 1. The summed E-state index contributed by atoms with van der Waals surface area (Å²) in [5.41, 5.74) is 2.39. The molecule has 0 saturated heterocycles. The Balaban J connectivity index is 1.71. The zero-order chi connectivity index (χ0) is 13.1. The third kappa shape index (κ3) is 3.09. The van der Waals surface area contributed by atoms with Crippen molar-refractivity contribution in [1.82, 2.24) is 5.32 Å². The molecule has 1 fully saturated rings. The van der Waals surface area contributed by atoms with E-state index in [4.69, 9.17) is 5.11 Å². The first-order valence-corrected chi connectivity index (χ1v) is 6.14. The monoisotopic (exact) mass is 247 g/mol. The normalized spacial score (nSPS) is 21.4. The van der Waals surface area contributed by atoms with Crippen LogP contribution in [-0.4, -0.2) is 23.5 Å². The summed E-state index contributed by atoms with van der Waals surface area (Å²) in [5.74, 6) is -1.78. The average molecular weight is 247 g/mol. The van der Waals surface area contributed by atoms with Crippen LogP contribution in [0.5, 0.6) is 0 Å². The minimum Gasteiger partial charge on any atom is -0.481 e. The van der Waals surface area contributed by atoms with Gasteiger partial charge in [0.15, 0.2) is 0 Å². The molecule has 1 aliphatic carbocycles. The summed E-state index contributed by atoms with van der Waals surface area (Å²) >= 11 is 0. The summed E-state index contributed by atoms with van der Waals surface area (Å²) in [7, 11) is 0. The van der Waals surface area contributed by atoms with E-state index in [1.54, 1.807) is 0 Å². The van der Waals surface area contributed by atoms with Crippen LogP contribution in [-0.2, 0) is 16.0 Å². The molecule has 18 heavy (non-hydrogen) atoms. The van der Waals surface area contributed by atoms with Crippen molar-refractivity contribution in [3.63, 3.8) is 0 Å². The van der Waals surface area contributed by atoms with Gasteiger partial charge in [-0.25, -0.2) is 0 Å². The van der Waals surface area contributed by atoms with Crippen molar-refractivity contribution < 1.29 is 14.7 Å². The number of aliphatic carboxylic acids is 1. The van der Waals surface area contributed by atoms with Crippen molar-refractivity contribution in [2.45, 2.75) is 19.8 Å². The predicted octanol–water partition coefficient (Wildman–Crippen LogP) is 1.37. The highest BCUT2D eigenvalue weighted by molar-refractivity contribution is 5.89. The summed E-state index contributed by atoms with van der Waals surface area (Å²) in [5, 5.41) is 11.5. The Morgan fingerprint density at radius 3 is 2.50 bits per heavy atom. The molecule has 0 spiro atoms. The van der Waals surface area contributed by atoms with Gasteiger partial charge in [0.25, 0.3) is 0 Å². The van der Waals surface area contributed by atoms with Crippen molar-refractivity contribution in [2.24, 2.45) is 11.8 Å². The summed E-state index contributed by atoms with van der Waals surface area (Å²) in [6, 6.07) is 8.16. The molecule has 2 atom stereocenters. The Kier molecular flexibility index (Phi) is 3.65. The van der Waals surface area contributed by atoms with Crippen LogP contribution in [0.2, 0.25) is 0 Å². The number of amides is 1. The molecule has 0 unspecified atom stereocenters. The first kappa shape index (κ1) is 12.6. The maximum atomic E-state index is 11.6. The highest BCUT2D eigenvalue weighted by Gasteiger charge is 2.48. The van der Waals surface area contributed by atoms with E-state index in [2.05, 4.69) is 5.32 Å². The van der Waals surface area contributed by atoms with Crippen LogP contribution >= 0.6 is 0 Å². The number of carboxylic acid groups (broad SMARTS) is 1. The molecular weight excluding hydrogens is 230 g/mol. The second kappa shape index (κ2) is 5.21. The van der Waals surface area contributed by atoms with Crippen LogP contribution in [0, 0.1) is 18.8 Å². The number of rotatable bonds is 5. The highest BCUT2D eigenvalue weighted by atomic mass is 16.4. The zero-order valence-corrected chi connectivity index (χ0v) is 10.3. The van der Waals surface area contributed by atoms with Gasteiger partial charge in [0.2, 0.25) is 5.91 Å². The van der Waals surface area contributed by atoms with E-state index in [1.165, 1.54) is 11.1 Å². The number of carbonyl (C=O) groups is 2. The number of carboxylic acids is 1. The molecule has 1 saturated carbocycles. The van der Waals surface area contributed by atoms with E-state index in [-0.39, 0.29) is 11.8 Å². The fraction of sp³-hybridized carbons (Fsp3) is 0.429. The fourth-order valence-electron chi connectivity index (χ4n) is 1.97. The summed E-state index contributed by atoms with van der Waals surface area (Å²) < 4.78 is 0. The molecule has 0 aliphatic heterocycles. The van der Waals surface area contributed by atoms with Crippen molar-refractivity contribution in [1.29, 1.82) is 0 Å². The lowest BCUT2D eigenvalue weighted by Gasteiger charge is -2.05. The Morgan fingerprint density at radius 2 is 1.94 bits per heavy atom. The predicted molar refractivity (Wildman–Crippen MR) is 67.1 cm³/mol. The van der Waals surface area contributed by atoms with E-state index >= 15 is 0 Å². The molecular formula is C14H17NO3. The average Bonchev–Trinajstić information content (AvgIpc) is 3.11. The van der Waals surface area contributed by atoms with Gasteiger partial charge in [-0.15, -0.1) is 0 Å². The van der Waals surface area contributed by atoms with Gasteiger partial charge < -0.3 is 10.4 Å². The van der Waals surface area contributed by atoms with Crippen molar-refractivity contribution in [2.75, 3.05) is 6.54 Å². The van der Waals surface area contributed by atoms with Crippen molar-refractivity contribution in [3.05, 3.63) is 35.4 Å². The molecule has 1 amide bonds. The second-order valence-corrected chi connectivity index (χ2v) is 4.81. The third-order valence-electron chi connectivity index (χ3n) is 3.28. The van der Waals surface area contributed by atoms with Crippen molar-refractivity contribution in [3.8, 4) is 0 Å². The quantitative estimate of drug-likeness (QED) is 0.826. The van der Waals surface area contributed by atoms with E-state index in [0.29, 0.717) is 13.0 Å². The van der Waals surface area contributed by atoms with Crippen LogP contribution in [0.1, 0.15) is 17.5 Å². The van der Waals surface area contributed by atoms with Gasteiger partial charge >= 0.3 is 5.97 Å². The summed E-state index contributed by atoms with van der Waals surface area (Å²) in [6.07, 6.45) is 1.25. The molecule has 1 aromatic carbocycles. The number of hydrogen-bond donors (Lipinski definition) is 2. The summed E-state index contributed by atoms with van der Waals surface area (Å²) in [6.45, 7) is 2.59. The molecule has 4 nitrogen and oxygen atoms in total. The molecule has 0 radical (unpaired) electrons. The number of carbonyl (C=O) groups excluding carboxylic acids is 1. The van der Waals surface area contributed by atoms with Gasteiger partial charge in [0, 0.05) is 6.54 Å². The first-order valence-electron chi connectivity index (χ1n) is 6.14. The molecule has 1 aromatic rings. The first-order chi connectivity index (χ1) is 8.58. The molecule has 2 rings (SSSR count). The number of hydrogen-bond acceptors (Lipinski definition) is 2. The standard InChI is InChI=1S/C14H17NO3/c1-9-2-4-10(5-3-9)6-7-15-13(16)11-8-12(11)14(17)18/h2-5,11-12H,6-8H2,1H3,(H,15,16)(H,17,18)/t11-,12+/m0/s1. The van der Waals surface area contributed by atoms with Gasteiger partial charge in [-0.3, -0.25) is 9.59 Å². The van der Waals surface area contributed by atoms with Gasteiger partial charge in [-0.1, -0.05) is 29.8 Å². The van der Waals surface area contributed by atoms with Gasteiger partial charge in [0.1, 0.15) is 0 Å². The Morgan fingerprint density at radius 1 is 1.28 bits per heavy atom. The van der Waals surface area contributed by atoms with Crippen LogP contribution in [0.3, 0.4) is 0 Å². The van der Waals surface area contributed by atoms with E-state index < -0.39 is 11.9 Å². The lowest BCUT2D eigenvalue weighted by Crippen LogP contribution is -2.28. The molecule has 2 N–H and O–H groups in total. The second-order valence-electron chi connectivity index (χ2n) is 4.81. The van der Waals surface area contributed by atoms with E-state index in [1.807, 2.05) is 31.2 Å². The number of aryl methyl sites for hydroxylation is 1. The van der Waals surface area contributed by atoms with E-state index in [9.17, 15) is 9.59 Å². The molecule has 1 aliphatic rings. The van der Waals surface area contributed by atoms with Gasteiger partial charge in [-0.05, 0) is 25.3 Å². The molecule has 4 heteroatoms. The maximum absolute atomic E-state index is 11.6. The lowest BCUT2D eigenvalue weighted by atomic mass is 10.1. The Hall–Kier alpha value is -1.84. The zero-order valence-electron chi connectivity index (χ0n) is 10.3. The van der Waals surface area contributed by atoms with Crippen LogP contribution in [0.4, 0.5) is 0 Å². The van der Waals surface area contributed by atoms with E-state index in [0.717, 1.165) is 6.42 Å².